The molecule has 0 radical (unpaired) electrons. The van der Waals surface area contributed by atoms with E-state index in [9.17, 15) is 4.79 Å². The van der Waals surface area contributed by atoms with E-state index in [0.29, 0.717) is 13.2 Å². The Balaban J connectivity index is 1.09. The SMILES string of the molecule is O=C1c2c3c(sc2=NCN1CCN1CCN(c2cccc4ccccc24)CC1)=CN=C3. The van der Waals surface area contributed by atoms with Crippen molar-refractivity contribution in [2.45, 2.75) is 0 Å². The van der Waals surface area contributed by atoms with Crippen molar-refractivity contribution in [2.24, 2.45) is 9.98 Å². The third-order valence-electron chi connectivity index (χ3n) is 6.40. The number of amides is 1. The van der Waals surface area contributed by atoms with E-state index in [-0.39, 0.29) is 5.91 Å². The van der Waals surface area contributed by atoms with Crippen molar-refractivity contribution in [3.8, 4) is 0 Å². The summed E-state index contributed by atoms with van der Waals surface area (Å²) in [5, 5.41) is 2.61. The average Bonchev–Trinajstić information content (AvgIpc) is 3.40. The number of nitrogens with zero attached hydrogens (tertiary/aromatic N) is 5. The van der Waals surface area contributed by atoms with Crippen molar-refractivity contribution in [3.63, 3.8) is 0 Å². The lowest BCUT2D eigenvalue weighted by Gasteiger charge is -2.37. The van der Waals surface area contributed by atoms with Crippen molar-refractivity contribution >= 4 is 46.1 Å². The predicted molar refractivity (Wildman–Crippen MR) is 126 cm³/mol. The van der Waals surface area contributed by atoms with Gasteiger partial charge >= 0.3 is 0 Å². The molecule has 0 spiro atoms. The highest BCUT2D eigenvalue weighted by atomic mass is 32.1. The molecule has 0 saturated carbocycles. The van der Waals surface area contributed by atoms with Crippen molar-refractivity contribution in [1.29, 1.82) is 0 Å². The van der Waals surface area contributed by atoms with Crippen LogP contribution in [0, 0.1) is 0 Å². The van der Waals surface area contributed by atoms with Crippen LogP contribution in [0.1, 0.15) is 15.9 Å². The summed E-state index contributed by atoms with van der Waals surface area (Å²) >= 11 is 1.56. The number of carbonyl (C=O) groups excluding carboxylic acids is 1. The van der Waals surface area contributed by atoms with Gasteiger partial charge in [0.1, 0.15) is 11.3 Å². The maximum Gasteiger partial charge on any atom is 0.259 e. The Hall–Kier alpha value is -3.03. The Kier molecular flexibility index (Phi) is 4.58. The van der Waals surface area contributed by atoms with E-state index in [1.54, 1.807) is 17.6 Å². The van der Waals surface area contributed by atoms with Crippen LogP contribution < -0.4 is 14.1 Å². The Bertz CT molecular complexity index is 1310. The highest BCUT2D eigenvalue weighted by Crippen LogP contribution is 2.27. The molecule has 3 aliphatic heterocycles. The third-order valence-corrected chi connectivity index (χ3v) is 7.47. The molecule has 7 heteroatoms. The molecule has 1 amide bonds. The van der Waals surface area contributed by atoms with Gasteiger partial charge in [0.05, 0.1) is 10.1 Å². The van der Waals surface area contributed by atoms with Crippen LogP contribution in [0.2, 0.25) is 0 Å². The molecule has 2 aromatic carbocycles. The third kappa shape index (κ3) is 3.25. The summed E-state index contributed by atoms with van der Waals surface area (Å²) in [7, 11) is 0. The van der Waals surface area contributed by atoms with Crippen LogP contribution >= 0.6 is 11.3 Å². The normalized spacial score (nSPS) is 18.1. The smallest absolute Gasteiger partial charge is 0.259 e. The fourth-order valence-corrected chi connectivity index (χ4v) is 5.68. The van der Waals surface area contributed by atoms with Gasteiger partial charge in [-0.2, -0.15) is 0 Å². The molecule has 3 aromatic rings. The Labute approximate surface area is 184 Å². The molecule has 0 atom stereocenters. The minimum absolute atomic E-state index is 0.0960. The number of thiophene rings is 1. The molecule has 1 aromatic heterocycles. The van der Waals surface area contributed by atoms with E-state index in [2.05, 4.69) is 62.2 Å². The van der Waals surface area contributed by atoms with E-state index < -0.39 is 0 Å². The van der Waals surface area contributed by atoms with Gasteiger partial charge in [-0.3, -0.25) is 19.7 Å². The first-order valence-electron chi connectivity index (χ1n) is 10.7. The first-order chi connectivity index (χ1) is 15.3. The Morgan fingerprint density at radius 3 is 2.71 bits per heavy atom. The molecule has 156 valence electrons. The van der Waals surface area contributed by atoms with E-state index in [1.807, 2.05) is 11.1 Å². The summed E-state index contributed by atoms with van der Waals surface area (Å²) in [6.07, 6.45) is 3.61. The van der Waals surface area contributed by atoms with Crippen LogP contribution in [0.3, 0.4) is 0 Å². The van der Waals surface area contributed by atoms with Gasteiger partial charge in [-0.15, -0.1) is 11.3 Å². The van der Waals surface area contributed by atoms with Gasteiger partial charge in [-0.05, 0) is 11.5 Å². The fraction of sp³-hybridized carbons (Fsp3) is 0.292. The molecule has 0 bridgehead atoms. The lowest BCUT2D eigenvalue weighted by Crippen LogP contribution is -2.50. The lowest BCUT2D eigenvalue weighted by atomic mass is 10.1. The van der Waals surface area contributed by atoms with Gasteiger partial charge in [0, 0.05) is 68.3 Å². The molecule has 0 aliphatic carbocycles. The molecular weight excluding hydrogens is 406 g/mol. The minimum Gasteiger partial charge on any atom is -0.368 e. The zero-order chi connectivity index (χ0) is 20.8. The number of carbonyl (C=O) groups is 1. The van der Waals surface area contributed by atoms with E-state index in [0.717, 1.165) is 53.1 Å². The Morgan fingerprint density at radius 1 is 0.968 bits per heavy atom. The summed E-state index contributed by atoms with van der Waals surface area (Å²) in [6.45, 7) is 6.06. The molecule has 6 rings (SSSR count). The molecular formula is C24H23N5OS. The number of piperazine rings is 1. The topological polar surface area (TPSA) is 51.5 Å². The second-order valence-electron chi connectivity index (χ2n) is 8.16. The van der Waals surface area contributed by atoms with Gasteiger partial charge in [0.2, 0.25) is 0 Å². The standard InChI is InChI=1S/C24H23N5OS/c30-24-22-19-14-25-15-21(19)31-23(22)26-16-29(24)13-10-27-8-11-28(12-9-27)20-7-3-5-17-4-1-2-6-18(17)20/h1-7,14-15H,8-13,16H2. The number of aliphatic imine (C=N–C) groups is 1. The van der Waals surface area contributed by atoms with Crippen molar-refractivity contribution in [2.75, 3.05) is 50.8 Å². The number of anilines is 1. The van der Waals surface area contributed by atoms with Gasteiger partial charge < -0.3 is 9.80 Å². The maximum absolute atomic E-state index is 13.0. The van der Waals surface area contributed by atoms with Gasteiger partial charge in [0.25, 0.3) is 5.91 Å². The number of hydrogen-bond acceptors (Lipinski definition) is 6. The van der Waals surface area contributed by atoms with E-state index in [1.165, 1.54) is 16.5 Å². The van der Waals surface area contributed by atoms with Crippen molar-refractivity contribution in [1.82, 2.24) is 9.80 Å². The molecule has 1 saturated heterocycles. The monoisotopic (exact) mass is 429 g/mol. The summed E-state index contributed by atoms with van der Waals surface area (Å²) < 4.78 is 1.91. The second kappa shape index (κ2) is 7.59. The second-order valence-corrected chi connectivity index (χ2v) is 9.19. The number of benzene rings is 2. The van der Waals surface area contributed by atoms with Crippen molar-refractivity contribution in [3.05, 3.63) is 62.8 Å². The zero-order valence-electron chi connectivity index (χ0n) is 17.2. The Morgan fingerprint density at radius 2 is 1.81 bits per heavy atom. The fourth-order valence-electron chi connectivity index (χ4n) is 4.67. The predicted octanol–water partition coefficient (Wildman–Crippen LogP) is 1.93. The molecule has 0 unspecified atom stereocenters. The average molecular weight is 430 g/mol. The molecule has 6 nitrogen and oxygen atoms in total. The summed E-state index contributed by atoms with van der Waals surface area (Å²) in [6, 6.07) is 15.1. The van der Waals surface area contributed by atoms with Crippen LogP contribution in [0.5, 0.6) is 0 Å². The first-order valence-corrected chi connectivity index (χ1v) is 11.5. The largest absolute Gasteiger partial charge is 0.368 e. The number of hydrogen-bond donors (Lipinski definition) is 0. The zero-order valence-corrected chi connectivity index (χ0v) is 18.0. The molecule has 3 aliphatic rings. The first kappa shape index (κ1) is 18.7. The lowest BCUT2D eigenvalue weighted by molar-refractivity contribution is 0.0724. The highest BCUT2D eigenvalue weighted by molar-refractivity contribution is 7.08. The summed E-state index contributed by atoms with van der Waals surface area (Å²) in [4.78, 5) is 28.7. The van der Waals surface area contributed by atoms with Gasteiger partial charge in [0.15, 0.2) is 0 Å². The number of rotatable bonds is 4. The molecule has 31 heavy (non-hydrogen) atoms. The van der Waals surface area contributed by atoms with Crippen LogP contribution in [0.4, 0.5) is 5.69 Å². The van der Waals surface area contributed by atoms with Crippen LogP contribution in [-0.4, -0.2) is 67.9 Å². The molecule has 4 heterocycles. The summed E-state index contributed by atoms with van der Waals surface area (Å²) in [5.41, 5.74) is 3.01. The quantitative estimate of drug-likeness (QED) is 0.637. The van der Waals surface area contributed by atoms with Crippen LogP contribution in [0.15, 0.2) is 52.4 Å². The van der Waals surface area contributed by atoms with Gasteiger partial charge in [-0.25, -0.2) is 0 Å². The van der Waals surface area contributed by atoms with Gasteiger partial charge in [-0.1, -0.05) is 36.4 Å². The maximum atomic E-state index is 13.0. The molecule has 0 N–H and O–H groups in total. The number of fused-ring (bicyclic) bond motifs is 4. The van der Waals surface area contributed by atoms with E-state index >= 15 is 0 Å². The molecule has 1 fully saturated rings. The van der Waals surface area contributed by atoms with Crippen molar-refractivity contribution < 1.29 is 4.79 Å². The van der Waals surface area contributed by atoms with Crippen LogP contribution in [-0.2, 0) is 0 Å². The van der Waals surface area contributed by atoms with E-state index in [4.69, 9.17) is 0 Å². The minimum atomic E-state index is 0.0960. The van der Waals surface area contributed by atoms with Crippen LogP contribution in [0.25, 0.3) is 17.0 Å². The summed E-state index contributed by atoms with van der Waals surface area (Å²) in [5.74, 6) is 0.0960. The highest BCUT2D eigenvalue weighted by Gasteiger charge is 2.28.